The summed E-state index contributed by atoms with van der Waals surface area (Å²) < 4.78 is 6.35. The smallest absolute Gasteiger partial charge is 0.123 e. The maximum Gasteiger partial charge on any atom is 0.123 e. The van der Waals surface area contributed by atoms with Crippen molar-refractivity contribution >= 4 is 11.6 Å². The van der Waals surface area contributed by atoms with Gasteiger partial charge in [0.05, 0.1) is 0 Å². The number of hydrogen-bond donors (Lipinski definition) is 0. The van der Waals surface area contributed by atoms with Crippen LogP contribution in [0.2, 0.25) is 5.02 Å². The Morgan fingerprint density at radius 1 is 1.17 bits per heavy atom. The molecule has 0 spiro atoms. The van der Waals surface area contributed by atoms with Crippen molar-refractivity contribution < 1.29 is 4.74 Å². The van der Waals surface area contributed by atoms with Gasteiger partial charge >= 0.3 is 0 Å². The topological polar surface area (TPSA) is 12.5 Å². The maximum atomic E-state index is 6.35. The molecule has 2 aromatic carbocycles. The number of ether oxygens (including phenoxy) is 1. The number of piperidine rings is 1. The van der Waals surface area contributed by atoms with Gasteiger partial charge in [-0.05, 0) is 55.3 Å². The third-order valence-electron chi connectivity index (χ3n) is 4.46. The summed E-state index contributed by atoms with van der Waals surface area (Å²) in [7, 11) is 0. The van der Waals surface area contributed by atoms with Gasteiger partial charge < -0.3 is 4.74 Å². The predicted molar refractivity (Wildman–Crippen MR) is 96.5 cm³/mol. The van der Waals surface area contributed by atoms with Crippen molar-refractivity contribution in [1.82, 2.24) is 4.90 Å². The zero-order valence-electron chi connectivity index (χ0n) is 13.7. The Labute approximate surface area is 144 Å². The molecule has 0 aromatic heterocycles. The minimum atomic E-state index is 0.277. The molecule has 1 aliphatic heterocycles. The summed E-state index contributed by atoms with van der Waals surface area (Å²) in [4.78, 5) is 2.46. The van der Waals surface area contributed by atoms with Gasteiger partial charge in [-0.25, -0.2) is 0 Å². The molecule has 1 atom stereocenters. The second kappa shape index (κ2) is 7.85. The minimum absolute atomic E-state index is 0.277. The van der Waals surface area contributed by atoms with Crippen LogP contribution < -0.4 is 4.74 Å². The number of likely N-dealkylation sites (N-methyl/N-ethyl adjacent to an activating group) is 1. The van der Waals surface area contributed by atoms with E-state index in [1.165, 1.54) is 18.5 Å². The molecule has 0 aliphatic carbocycles. The number of likely N-dealkylation sites (tertiary alicyclic amines) is 1. The largest absolute Gasteiger partial charge is 0.489 e. The third kappa shape index (κ3) is 4.49. The second-order valence-electron chi connectivity index (χ2n) is 6.19. The average molecular weight is 330 g/mol. The van der Waals surface area contributed by atoms with Crippen molar-refractivity contribution in [2.45, 2.75) is 32.3 Å². The van der Waals surface area contributed by atoms with Gasteiger partial charge in [0, 0.05) is 18.0 Å². The molecule has 23 heavy (non-hydrogen) atoms. The van der Waals surface area contributed by atoms with Crippen LogP contribution in [0.15, 0.2) is 48.5 Å². The molecular formula is C20H24ClNO. The van der Waals surface area contributed by atoms with Crippen LogP contribution in [-0.4, -0.2) is 30.6 Å². The number of benzene rings is 2. The quantitative estimate of drug-likeness (QED) is 0.781. The van der Waals surface area contributed by atoms with Crippen LogP contribution in [0.3, 0.4) is 0 Å². The van der Waals surface area contributed by atoms with E-state index >= 15 is 0 Å². The normalized spacial score (nSPS) is 18.8. The number of rotatable bonds is 5. The third-order valence-corrected chi connectivity index (χ3v) is 4.70. The lowest BCUT2D eigenvalue weighted by Gasteiger charge is -2.32. The fourth-order valence-electron chi connectivity index (χ4n) is 3.19. The van der Waals surface area contributed by atoms with E-state index in [0.29, 0.717) is 0 Å². The molecule has 0 bridgehead atoms. The highest BCUT2D eigenvalue weighted by Gasteiger charge is 2.21. The molecule has 1 unspecified atom stereocenters. The van der Waals surface area contributed by atoms with Gasteiger partial charge in [-0.3, -0.25) is 4.90 Å². The molecule has 122 valence electrons. The molecular weight excluding hydrogens is 306 g/mol. The minimum Gasteiger partial charge on any atom is -0.489 e. The van der Waals surface area contributed by atoms with Crippen LogP contribution in [0.25, 0.3) is 0 Å². The molecule has 1 aliphatic rings. The highest BCUT2D eigenvalue weighted by molar-refractivity contribution is 6.30. The molecule has 1 saturated heterocycles. The van der Waals surface area contributed by atoms with E-state index in [0.717, 1.165) is 42.3 Å². The summed E-state index contributed by atoms with van der Waals surface area (Å²) in [6, 6.07) is 16.4. The first-order chi connectivity index (χ1) is 11.2. The van der Waals surface area contributed by atoms with Gasteiger partial charge in [0.1, 0.15) is 11.9 Å². The Morgan fingerprint density at radius 2 is 2.00 bits per heavy atom. The van der Waals surface area contributed by atoms with Crippen LogP contribution >= 0.6 is 11.6 Å². The Bertz CT molecular complexity index is 629. The van der Waals surface area contributed by atoms with Crippen LogP contribution in [-0.2, 0) is 6.42 Å². The lowest BCUT2D eigenvalue weighted by Crippen LogP contribution is -2.40. The summed E-state index contributed by atoms with van der Waals surface area (Å²) in [6.45, 7) is 5.51. The first-order valence-electron chi connectivity index (χ1n) is 8.46. The molecule has 1 heterocycles. The standard InChI is InChI=1S/C20H24ClNO/c1-2-22-12-6-9-19(15-22)23-20-11-10-18(21)14-17(20)13-16-7-4-3-5-8-16/h3-5,7-8,10-11,14,19H,2,6,9,12-13,15H2,1H3. The highest BCUT2D eigenvalue weighted by Crippen LogP contribution is 2.28. The summed E-state index contributed by atoms with van der Waals surface area (Å²) in [5.74, 6) is 0.973. The van der Waals surface area contributed by atoms with Crippen molar-refractivity contribution in [3.05, 3.63) is 64.7 Å². The van der Waals surface area contributed by atoms with E-state index in [9.17, 15) is 0 Å². The van der Waals surface area contributed by atoms with Crippen molar-refractivity contribution in [3.63, 3.8) is 0 Å². The highest BCUT2D eigenvalue weighted by atomic mass is 35.5. The Balaban J connectivity index is 1.76. The van der Waals surface area contributed by atoms with E-state index in [-0.39, 0.29) is 6.10 Å². The molecule has 2 nitrogen and oxygen atoms in total. The molecule has 0 N–H and O–H groups in total. The van der Waals surface area contributed by atoms with Crippen LogP contribution in [0.5, 0.6) is 5.75 Å². The van der Waals surface area contributed by atoms with Crippen molar-refractivity contribution in [3.8, 4) is 5.75 Å². The lowest BCUT2D eigenvalue weighted by molar-refractivity contribution is 0.0913. The number of hydrogen-bond acceptors (Lipinski definition) is 2. The summed E-state index contributed by atoms with van der Waals surface area (Å²) in [5.41, 5.74) is 2.44. The molecule has 1 fully saturated rings. The fraction of sp³-hybridized carbons (Fsp3) is 0.400. The van der Waals surface area contributed by atoms with Gasteiger partial charge in [0.25, 0.3) is 0 Å². The molecule has 0 amide bonds. The summed E-state index contributed by atoms with van der Waals surface area (Å²) in [5, 5.41) is 0.766. The van der Waals surface area contributed by atoms with Crippen molar-refractivity contribution in [2.75, 3.05) is 19.6 Å². The van der Waals surface area contributed by atoms with Crippen LogP contribution in [0.4, 0.5) is 0 Å². The van der Waals surface area contributed by atoms with Crippen molar-refractivity contribution in [1.29, 1.82) is 0 Å². The summed E-state index contributed by atoms with van der Waals surface area (Å²) >= 11 is 6.21. The van der Waals surface area contributed by atoms with Gasteiger partial charge in [-0.2, -0.15) is 0 Å². The molecule has 3 rings (SSSR count). The van der Waals surface area contributed by atoms with Gasteiger partial charge in [0.15, 0.2) is 0 Å². The van der Waals surface area contributed by atoms with Gasteiger partial charge in [-0.1, -0.05) is 48.9 Å². The Hall–Kier alpha value is -1.51. The van der Waals surface area contributed by atoms with E-state index in [1.54, 1.807) is 0 Å². The summed E-state index contributed by atoms with van der Waals surface area (Å²) in [6.07, 6.45) is 3.46. The SMILES string of the molecule is CCN1CCCC(Oc2ccc(Cl)cc2Cc2ccccc2)C1. The molecule has 0 radical (unpaired) electrons. The van der Waals surface area contributed by atoms with E-state index in [2.05, 4.69) is 36.1 Å². The first kappa shape index (κ1) is 16.4. The Morgan fingerprint density at radius 3 is 2.78 bits per heavy atom. The van der Waals surface area contributed by atoms with Crippen LogP contribution in [0, 0.1) is 0 Å². The number of halogens is 1. The molecule has 2 aromatic rings. The van der Waals surface area contributed by atoms with E-state index < -0.39 is 0 Å². The van der Waals surface area contributed by atoms with E-state index in [1.807, 2.05) is 24.3 Å². The lowest BCUT2D eigenvalue weighted by atomic mass is 10.0. The second-order valence-corrected chi connectivity index (χ2v) is 6.63. The van der Waals surface area contributed by atoms with Crippen molar-refractivity contribution in [2.24, 2.45) is 0 Å². The zero-order valence-corrected chi connectivity index (χ0v) is 14.4. The molecule has 0 saturated carbocycles. The predicted octanol–water partition coefficient (Wildman–Crippen LogP) is 4.79. The van der Waals surface area contributed by atoms with Crippen LogP contribution in [0.1, 0.15) is 30.9 Å². The number of nitrogens with zero attached hydrogens (tertiary/aromatic N) is 1. The van der Waals surface area contributed by atoms with Gasteiger partial charge in [0.2, 0.25) is 0 Å². The molecule has 3 heteroatoms. The Kier molecular flexibility index (Phi) is 5.58. The van der Waals surface area contributed by atoms with Gasteiger partial charge in [-0.15, -0.1) is 0 Å². The van der Waals surface area contributed by atoms with E-state index in [4.69, 9.17) is 16.3 Å². The first-order valence-corrected chi connectivity index (χ1v) is 8.83. The zero-order chi connectivity index (χ0) is 16.1. The fourth-order valence-corrected chi connectivity index (χ4v) is 3.39. The monoisotopic (exact) mass is 329 g/mol. The maximum absolute atomic E-state index is 6.35. The average Bonchev–Trinajstić information content (AvgIpc) is 2.58.